The summed E-state index contributed by atoms with van der Waals surface area (Å²) in [5, 5.41) is 18.7. The van der Waals surface area contributed by atoms with Crippen LogP contribution >= 0.6 is 0 Å². The lowest BCUT2D eigenvalue weighted by atomic mass is 10.1. The van der Waals surface area contributed by atoms with Crippen LogP contribution in [-0.2, 0) is 13.1 Å². The molecule has 2 aliphatic rings. The van der Waals surface area contributed by atoms with E-state index in [4.69, 9.17) is 0 Å². The molecule has 0 amide bonds. The maximum atomic E-state index is 9.51. The molecule has 0 radical (unpaired) electrons. The highest BCUT2D eigenvalue weighted by Gasteiger charge is 2.25. The quantitative estimate of drug-likeness (QED) is 0.469. The summed E-state index contributed by atoms with van der Waals surface area (Å²) in [4.78, 5) is 11.3. The number of benzene rings is 1. The van der Waals surface area contributed by atoms with Crippen molar-refractivity contribution in [3.05, 3.63) is 60.2 Å². The van der Waals surface area contributed by atoms with Crippen molar-refractivity contribution in [1.29, 1.82) is 0 Å². The largest absolute Gasteiger partial charge is 0.390 e. The molecule has 164 valence electrons. The van der Waals surface area contributed by atoms with Gasteiger partial charge in [0.05, 0.1) is 11.8 Å². The van der Waals surface area contributed by atoms with Crippen molar-refractivity contribution in [1.82, 2.24) is 29.2 Å². The van der Waals surface area contributed by atoms with E-state index >= 15 is 0 Å². The Kier molecular flexibility index (Phi) is 4.69. The Morgan fingerprint density at radius 1 is 1.16 bits per heavy atom. The van der Waals surface area contributed by atoms with Crippen LogP contribution in [0.4, 0.5) is 11.6 Å². The van der Waals surface area contributed by atoms with Crippen molar-refractivity contribution in [2.75, 3.05) is 18.4 Å². The third-order valence-electron chi connectivity index (χ3n) is 6.39. The lowest BCUT2D eigenvalue weighted by molar-refractivity contribution is -0.00297. The number of likely N-dealkylation sites (tertiary alicyclic amines) is 1. The van der Waals surface area contributed by atoms with E-state index in [-0.39, 0.29) is 6.10 Å². The van der Waals surface area contributed by atoms with Gasteiger partial charge >= 0.3 is 0 Å². The molecule has 0 bridgehead atoms. The Morgan fingerprint density at radius 2 is 2.03 bits per heavy atom. The van der Waals surface area contributed by atoms with Crippen LogP contribution in [0.15, 0.2) is 48.9 Å². The molecule has 0 spiro atoms. The fourth-order valence-electron chi connectivity index (χ4n) is 4.36. The highest BCUT2D eigenvalue weighted by molar-refractivity contribution is 5.84. The lowest BCUT2D eigenvalue weighted by Crippen LogP contribution is -2.49. The molecule has 1 aliphatic heterocycles. The van der Waals surface area contributed by atoms with Crippen LogP contribution in [0.2, 0.25) is 0 Å². The number of fused-ring (bicyclic) bond motifs is 1. The molecule has 0 atom stereocenters. The number of aromatic nitrogens is 5. The van der Waals surface area contributed by atoms with E-state index in [0.29, 0.717) is 5.95 Å². The predicted octanol–water partition coefficient (Wildman–Crippen LogP) is 3.26. The zero-order valence-corrected chi connectivity index (χ0v) is 18.1. The molecular formula is C24H27N7O. The van der Waals surface area contributed by atoms with Crippen LogP contribution in [0.5, 0.6) is 0 Å². The monoisotopic (exact) mass is 429 g/mol. The average molecular weight is 430 g/mol. The van der Waals surface area contributed by atoms with Crippen molar-refractivity contribution in [3.8, 4) is 5.82 Å². The Labute approximate surface area is 186 Å². The number of anilines is 2. The maximum absolute atomic E-state index is 9.51. The van der Waals surface area contributed by atoms with Gasteiger partial charge in [0.25, 0.3) is 0 Å². The second-order valence-corrected chi connectivity index (χ2v) is 9.08. The minimum atomic E-state index is -0.197. The molecule has 4 aromatic rings. The Balaban J connectivity index is 1.19. The fourth-order valence-corrected chi connectivity index (χ4v) is 4.36. The molecule has 0 unspecified atom stereocenters. The lowest BCUT2D eigenvalue weighted by Gasteiger charge is -2.35. The molecule has 32 heavy (non-hydrogen) atoms. The molecular weight excluding hydrogens is 402 g/mol. The van der Waals surface area contributed by atoms with E-state index in [1.165, 1.54) is 23.7 Å². The van der Waals surface area contributed by atoms with Crippen molar-refractivity contribution >= 4 is 22.5 Å². The number of nitrogens with zero attached hydrogens (tertiary/aromatic N) is 6. The van der Waals surface area contributed by atoms with Crippen molar-refractivity contribution in [3.63, 3.8) is 0 Å². The van der Waals surface area contributed by atoms with Crippen LogP contribution < -0.4 is 5.32 Å². The fraction of sp³-hybridized carbons (Fsp3) is 0.375. The van der Waals surface area contributed by atoms with Gasteiger partial charge in [0.15, 0.2) is 5.82 Å². The second kappa shape index (κ2) is 7.72. The van der Waals surface area contributed by atoms with Crippen LogP contribution in [0, 0.1) is 12.8 Å². The smallest absolute Gasteiger partial charge is 0.229 e. The molecule has 3 aromatic heterocycles. The van der Waals surface area contributed by atoms with Gasteiger partial charge in [-0.15, -0.1) is 0 Å². The van der Waals surface area contributed by atoms with E-state index in [1.54, 1.807) is 10.9 Å². The molecule has 1 aromatic carbocycles. The summed E-state index contributed by atoms with van der Waals surface area (Å²) in [7, 11) is 0. The van der Waals surface area contributed by atoms with Crippen LogP contribution in [0.1, 0.15) is 24.1 Å². The number of aliphatic hydroxyl groups excluding tert-OH is 1. The van der Waals surface area contributed by atoms with E-state index in [2.05, 4.69) is 60.3 Å². The number of aryl methyl sites for hydroxylation is 1. The molecule has 2 N–H and O–H groups in total. The van der Waals surface area contributed by atoms with Gasteiger partial charge in [-0.2, -0.15) is 10.1 Å². The molecule has 1 aliphatic carbocycles. The normalized spacial score (nSPS) is 17.1. The third kappa shape index (κ3) is 3.87. The van der Waals surface area contributed by atoms with Gasteiger partial charge in [-0.3, -0.25) is 4.90 Å². The topological polar surface area (TPSA) is 84.0 Å². The molecule has 4 heterocycles. The number of aliphatic hydroxyl groups is 1. The first kappa shape index (κ1) is 19.5. The number of nitrogens with one attached hydrogen (secondary N) is 1. The van der Waals surface area contributed by atoms with Crippen molar-refractivity contribution < 1.29 is 5.11 Å². The molecule has 8 heteroatoms. The highest BCUT2D eigenvalue weighted by Crippen LogP contribution is 2.32. The summed E-state index contributed by atoms with van der Waals surface area (Å²) in [5.41, 5.74) is 4.35. The molecule has 1 saturated carbocycles. The maximum Gasteiger partial charge on any atom is 0.229 e. The van der Waals surface area contributed by atoms with Gasteiger partial charge in [-0.1, -0.05) is 0 Å². The number of hydrogen-bond donors (Lipinski definition) is 2. The van der Waals surface area contributed by atoms with Crippen molar-refractivity contribution in [2.24, 2.45) is 5.92 Å². The highest BCUT2D eigenvalue weighted by atomic mass is 16.3. The van der Waals surface area contributed by atoms with Gasteiger partial charge in [0, 0.05) is 73.0 Å². The molecule has 1 saturated heterocycles. The van der Waals surface area contributed by atoms with Crippen LogP contribution in [0.25, 0.3) is 16.7 Å². The number of β-amino-alcohol motifs (C(OH)–C–C–N with tert-alkyl or cyclic N) is 1. The number of rotatable bonds is 7. The summed E-state index contributed by atoms with van der Waals surface area (Å²) in [5.74, 6) is 2.11. The van der Waals surface area contributed by atoms with E-state index in [0.717, 1.165) is 54.9 Å². The minimum Gasteiger partial charge on any atom is -0.390 e. The first-order chi connectivity index (χ1) is 15.6. The van der Waals surface area contributed by atoms with Gasteiger partial charge in [0.2, 0.25) is 5.95 Å². The van der Waals surface area contributed by atoms with E-state index in [9.17, 15) is 5.11 Å². The first-order valence-corrected chi connectivity index (χ1v) is 11.3. The zero-order valence-electron chi connectivity index (χ0n) is 18.1. The summed E-state index contributed by atoms with van der Waals surface area (Å²) >= 11 is 0. The Hall–Kier alpha value is -3.23. The van der Waals surface area contributed by atoms with Gasteiger partial charge in [0.1, 0.15) is 0 Å². The number of hydrogen-bond acceptors (Lipinski definition) is 6. The zero-order chi connectivity index (χ0) is 21.7. The summed E-state index contributed by atoms with van der Waals surface area (Å²) in [6.07, 6.45) is 8.45. The predicted molar refractivity (Wildman–Crippen MR) is 123 cm³/mol. The third-order valence-corrected chi connectivity index (χ3v) is 6.39. The van der Waals surface area contributed by atoms with Crippen LogP contribution in [0.3, 0.4) is 0 Å². The minimum absolute atomic E-state index is 0.197. The van der Waals surface area contributed by atoms with E-state index < -0.39 is 0 Å². The molecule has 8 nitrogen and oxygen atoms in total. The molecule has 6 rings (SSSR count). The van der Waals surface area contributed by atoms with Crippen LogP contribution in [-0.4, -0.2) is 53.5 Å². The average Bonchev–Trinajstić information content (AvgIpc) is 3.39. The second-order valence-electron chi connectivity index (χ2n) is 9.08. The Bertz CT molecular complexity index is 1270. The van der Waals surface area contributed by atoms with Crippen molar-refractivity contribution in [2.45, 2.75) is 39.0 Å². The van der Waals surface area contributed by atoms with E-state index in [1.807, 2.05) is 19.2 Å². The summed E-state index contributed by atoms with van der Waals surface area (Å²) < 4.78 is 4.15. The summed E-state index contributed by atoms with van der Waals surface area (Å²) in [6, 6.07) is 10.4. The standard InChI is InChI=1S/C24H27N7O/c1-16-19(12-29-14-21(32)15-29)13-31(28-16)23-6-8-25-24(27-23)26-20-4-5-22-18(10-20)7-9-30(22)11-17-2-3-17/h4-10,13,17,21,32H,2-3,11-12,14-15H2,1H3,(H,25,26,27). The Morgan fingerprint density at radius 3 is 2.84 bits per heavy atom. The van der Waals surface area contributed by atoms with Gasteiger partial charge in [-0.25, -0.2) is 9.67 Å². The van der Waals surface area contributed by atoms with Gasteiger partial charge in [-0.05, 0) is 49.9 Å². The summed E-state index contributed by atoms with van der Waals surface area (Å²) in [6.45, 7) is 5.36. The molecule has 2 fully saturated rings. The SMILES string of the molecule is Cc1nn(-c2ccnc(Nc3ccc4c(ccn4CC4CC4)c3)n2)cc1CN1CC(O)C1. The first-order valence-electron chi connectivity index (χ1n) is 11.3. The van der Waals surface area contributed by atoms with Gasteiger partial charge < -0.3 is 15.0 Å².